The Bertz CT molecular complexity index is 1040. The first kappa shape index (κ1) is 30.2. The number of likely N-dealkylation sites (tertiary alicyclic amines) is 1. The summed E-state index contributed by atoms with van der Waals surface area (Å²) in [5.41, 5.74) is 7.19. The van der Waals surface area contributed by atoms with Gasteiger partial charge in [0, 0.05) is 56.2 Å². The molecule has 3 amide bonds. The summed E-state index contributed by atoms with van der Waals surface area (Å²) in [5.74, 6) is 0.889. The Morgan fingerprint density at radius 2 is 2.03 bits per heavy atom. The average molecular weight is 544 g/mol. The number of aliphatic hydroxyl groups excluding tert-OH is 1. The molecule has 2 fully saturated rings. The number of nitrogens with two attached hydrogens (primary N) is 1. The smallest absolute Gasteiger partial charge is 0.321 e. The summed E-state index contributed by atoms with van der Waals surface area (Å²) in [4.78, 5) is 32.8. The Hall–Kier alpha value is -3.31. The van der Waals surface area contributed by atoms with E-state index in [1.54, 1.807) is 25.1 Å². The number of carbonyl (C=O) groups is 2. The summed E-state index contributed by atoms with van der Waals surface area (Å²) in [6, 6.07) is 4.86. The van der Waals surface area contributed by atoms with Crippen LogP contribution >= 0.6 is 0 Å². The van der Waals surface area contributed by atoms with Crippen LogP contribution in [-0.4, -0.2) is 86.3 Å². The fourth-order valence-electron chi connectivity index (χ4n) is 4.70. The van der Waals surface area contributed by atoms with Gasteiger partial charge in [-0.05, 0) is 77.1 Å². The van der Waals surface area contributed by atoms with Crippen molar-refractivity contribution in [3.63, 3.8) is 0 Å². The van der Waals surface area contributed by atoms with Crippen LogP contribution < -0.4 is 31.3 Å². The van der Waals surface area contributed by atoms with E-state index in [0.717, 1.165) is 25.1 Å². The van der Waals surface area contributed by atoms with Gasteiger partial charge in [-0.3, -0.25) is 9.79 Å². The highest BCUT2D eigenvalue weighted by molar-refractivity contribution is 5.96. The molecule has 39 heavy (non-hydrogen) atoms. The van der Waals surface area contributed by atoms with Crippen molar-refractivity contribution in [1.29, 1.82) is 0 Å². The Labute approximate surface area is 231 Å². The van der Waals surface area contributed by atoms with Crippen molar-refractivity contribution in [2.45, 2.75) is 70.8 Å². The third-order valence-electron chi connectivity index (χ3n) is 7.13. The summed E-state index contributed by atoms with van der Waals surface area (Å²) < 4.78 is 5.68. The molecule has 6 N–H and O–H groups in total. The van der Waals surface area contributed by atoms with E-state index < -0.39 is 6.23 Å². The van der Waals surface area contributed by atoms with Crippen molar-refractivity contribution in [2.75, 3.05) is 44.0 Å². The number of piperidine rings is 1. The normalized spacial score (nSPS) is 19.6. The van der Waals surface area contributed by atoms with E-state index in [1.807, 2.05) is 37.8 Å². The zero-order chi connectivity index (χ0) is 28.5. The zero-order valence-corrected chi connectivity index (χ0v) is 23.8. The fraction of sp³-hybridized carbons (Fsp3) is 0.607. The van der Waals surface area contributed by atoms with Crippen molar-refractivity contribution in [3.8, 4) is 5.75 Å². The SMILES string of the molecule is CN=CC=C(N)C(=O)NC1CCCN(C(=O)Nc2ccc(N(C(C)C)C(O)C(C)NCC3CC3)c(OC)c2)C1. The molecule has 11 nitrogen and oxygen atoms in total. The molecule has 216 valence electrons. The van der Waals surface area contributed by atoms with Crippen molar-refractivity contribution in [2.24, 2.45) is 16.6 Å². The van der Waals surface area contributed by atoms with Gasteiger partial charge in [-0.15, -0.1) is 0 Å². The minimum atomic E-state index is -0.753. The van der Waals surface area contributed by atoms with Gasteiger partial charge in [0.25, 0.3) is 5.91 Å². The number of hydrogen-bond acceptors (Lipinski definition) is 8. The quantitative estimate of drug-likeness (QED) is 0.155. The van der Waals surface area contributed by atoms with Crippen LogP contribution in [0.5, 0.6) is 5.75 Å². The second-order valence-corrected chi connectivity index (χ2v) is 10.7. The predicted octanol–water partition coefficient (Wildman–Crippen LogP) is 2.27. The molecule has 3 unspecified atom stereocenters. The number of nitrogens with one attached hydrogen (secondary N) is 3. The van der Waals surface area contributed by atoms with Gasteiger partial charge in [-0.1, -0.05) is 0 Å². The van der Waals surface area contributed by atoms with E-state index >= 15 is 0 Å². The first-order valence-electron chi connectivity index (χ1n) is 13.8. The number of allylic oxidation sites excluding steroid dienone is 1. The molecule has 2 aliphatic rings. The molecule has 1 saturated heterocycles. The Kier molecular flexibility index (Phi) is 11.0. The van der Waals surface area contributed by atoms with Gasteiger partial charge in [0.2, 0.25) is 0 Å². The van der Waals surface area contributed by atoms with Crippen molar-refractivity contribution >= 4 is 29.5 Å². The molecule has 3 rings (SSSR count). The van der Waals surface area contributed by atoms with Crippen molar-refractivity contribution < 1.29 is 19.4 Å². The van der Waals surface area contributed by atoms with E-state index in [1.165, 1.54) is 25.1 Å². The highest BCUT2D eigenvalue weighted by Crippen LogP contribution is 2.34. The fourth-order valence-corrected chi connectivity index (χ4v) is 4.70. The lowest BCUT2D eigenvalue weighted by atomic mass is 10.1. The first-order valence-corrected chi connectivity index (χ1v) is 13.8. The molecular weight excluding hydrogens is 498 g/mol. The number of aliphatic imine (C=N–C) groups is 1. The summed E-state index contributed by atoms with van der Waals surface area (Å²) in [5, 5.41) is 20.5. The Balaban J connectivity index is 1.65. The van der Waals surface area contributed by atoms with Crippen LogP contribution in [0, 0.1) is 5.92 Å². The monoisotopic (exact) mass is 543 g/mol. The second-order valence-electron chi connectivity index (χ2n) is 10.7. The maximum Gasteiger partial charge on any atom is 0.321 e. The third-order valence-corrected chi connectivity index (χ3v) is 7.13. The van der Waals surface area contributed by atoms with Gasteiger partial charge < -0.3 is 41.3 Å². The maximum absolute atomic E-state index is 13.1. The molecule has 1 aliphatic heterocycles. The molecule has 0 radical (unpaired) electrons. The van der Waals surface area contributed by atoms with Gasteiger partial charge >= 0.3 is 6.03 Å². The average Bonchev–Trinajstić information content (AvgIpc) is 3.75. The lowest BCUT2D eigenvalue weighted by Crippen LogP contribution is -2.52. The van der Waals surface area contributed by atoms with Crippen LogP contribution in [0.25, 0.3) is 0 Å². The molecule has 0 spiro atoms. The number of benzene rings is 1. The van der Waals surface area contributed by atoms with Gasteiger partial charge in [-0.2, -0.15) is 0 Å². The third kappa shape index (κ3) is 8.59. The number of amides is 3. The van der Waals surface area contributed by atoms with Crippen LogP contribution in [-0.2, 0) is 4.79 Å². The number of anilines is 2. The molecule has 1 aliphatic carbocycles. The number of aliphatic hydroxyl groups is 1. The number of nitrogens with zero attached hydrogens (tertiary/aromatic N) is 3. The maximum atomic E-state index is 13.1. The predicted molar refractivity (Wildman–Crippen MR) is 155 cm³/mol. The van der Waals surface area contributed by atoms with E-state index in [9.17, 15) is 14.7 Å². The minimum absolute atomic E-state index is 0.0122. The topological polar surface area (TPSA) is 145 Å². The highest BCUT2D eigenvalue weighted by atomic mass is 16.5. The van der Waals surface area contributed by atoms with E-state index in [2.05, 4.69) is 20.9 Å². The molecule has 0 aromatic heterocycles. The van der Waals surface area contributed by atoms with Gasteiger partial charge in [-0.25, -0.2) is 4.79 Å². The number of ether oxygens (including phenoxy) is 1. The standard InChI is InChI=1S/C28H45N7O4/c1-18(2)35(27(37)19(3)31-16-20-8-9-20)24-11-10-21(15-25(24)39-5)33-28(38)34-14-6-7-22(17-34)32-26(36)23(29)12-13-30-4/h10-13,15,18-20,22,27,31,37H,6-9,14,16-17,29H2,1-5H3,(H,32,36)(H,33,38). The first-order chi connectivity index (χ1) is 18.6. The van der Waals surface area contributed by atoms with Crippen LogP contribution in [0.15, 0.2) is 35.0 Å². The summed E-state index contributed by atoms with van der Waals surface area (Å²) in [6.45, 7) is 7.91. The van der Waals surface area contributed by atoms with Gasteiger partial charge in [0.15, 0.2) is 0 Å². The molecular formula is C28H45N7O4. The van der Waals surface area contributed by atoms with Crippen LogP contribution in [0.1, 0.15) is 46.5 Å². The molecule has 1 aromatic rings. The molecule has 3 atom stereocenters. The number of methoxy groups -OCH3 is 1. The molecule has 1 heterocycles. The Morgan fingerprint density at radius 1 is 1.28 bits per heavy atom. The van der Waals surface area contributed by atoms with Crippen molar-refractivity contribution in [3.05, 3.63) is 30.0 Å². The van der Waals surface area contributed by atoms with E-state index in [-0.39, 0.29) is 35.8 Å². The largest absolute Gasteiger partial charge is 0.495 e. The van der Waals surface area contributed by atoms with Gasteiger partial charge in [0.05, 0.1) is 18.5 Å². The van der Waals surface area contributed by atoms with E-state index in [4.69, 9.17) is 10.5 Å². The second kappa shape index (κ2) is 14.2. The zero-order valence-electron chi connectivity index (χ0n) is 23.8. The van der Waals surface area contributed by atoms with Gasteiger partial charge in [0.1, 0.15) is 12.0 Å². The summed E-state index contributed by atoms with van der Waals surface area (Å²) in [6.07, 6.45) is 6.17. The highest BCUT2D eigenvalue weighted by Gasteiger charge is 2.30. The summed E-state index contributed by atoms with van der Waals surface area (Å²) >= 11 is 0. The summed E-state index contributed by atoms with van der Waals surface area (Å²) in [7, 11) is 3.18. The molecule has 1 saturated carbocycles. The molecule has 11 heteroatoms. The number of carbonyl (C=O) groups excluding carboxylic acids is 2. The molecule has 1 aromatic carbocycles. The van der Waals surface area contributed by atoms with E-state index in [0.29, 0.717) is 30.4 Å². The number of rotatable bonds is 12. The van der Waals surface area contributed by atoms with Crippen LogP contribution in [0.4, 0.5) is 16.2 Å². The van der Waals surface area contributed by atoms with Crippen LogP contribution in [0.3, 0.4) is 0 Å². The Morgan fingerprint density at radius 3 is 2.67 bits per heavy atom. The molecule has 0 bridgehead atoms. The van der Waals surface area contributed by atoms with Crippen molar-refractivity contribution in [1.82, 2.24) is 15.5 Å². The lowest BCUT2D eigenvalue weighted by molar-refractivity contribution is -0.118. The lowest BCUT2D eigenvalue weighted by Gasteiger charge is -2.38. The number of hydrogen-bond donors (Lipinski definition) is 5. The minimum Gasteiger partial charge on any atom is -0.495 e. The number of urea groups is 1. The van der Waals surface area contributed by atoms with Crippen LogP contribution in [0.2, 0.25) is 0 Å².